The Balaban J connectivity index is 3.07. The smallest absolute Gasteiger partial charge is 0.374 e. The summed E-state index contributed by atoms with van der Waals surface area (Å²) in [5.74, 6) is -0.426. The summed E-state index contributed by atoms with van der Waals surface area (Å²) in [6.45, 7) is 0. The Morgan fingerprint density at radius 2 is 2.42 bits per heavy atom. The molecule has 0 aliphatic heterocycles. The first-order valence-electron chi connectivity index (χ1n) is 3.26. The molecular weight excluding hydrogens is 160 g/mol. The number of rotatable bonds is 2. The van der Waals surface area contributed by atoms with Gasteiger partial charge in [0.25, 0.3) is 0 Å². The number of aldehydes is 1. The van der Waals surface area contributed by atoms with Gasteiger partial charge in [0.2, 0.25) is 5.82 Å². The summed E-state index contributed by atoms with van der Waals surface area (Å²) in [7, 11) is 2.88. The molecule has 0 aliphatic rings. The highest BCUT2D eigenvalue weighted by Gasteiger charge is 2.12. The van der Waals surface area contributed by atoms with Crippen LogP contribution in [0.2, 0.25) is 0 Å². The van der Waals surface area contributed by atoms with E-state index in [1.54, 1.807) is 7.05 Å². The van der Waals surface area contributed by atoms with E-state index in [2.05, 4.69) is 9.72 Å². The molecule has 1 heterocycles. The number of hydrogen-bond acceptors (Lipinski definition) is 4. The van der Waals surface area contributed by atoms with Crippen molar-refractivity contribution < 1.29 is 14.3 Å². The van der Waals surface area contributed by atoms with Gasteiger partial charge < -0.3 is 9.30 Å². The maximum atomic E-state index is 10.9. The molecule has 12 heavy (non-hydrogen) atoms. The van der Waals surface area contributed by atoms with Gasteiger partial charge in [0.05, 0.1) is 7.11 Å². The largest absolute Gasteiger partial charge is 0.463 e. The average Bonchev–Trinajstić information content (AvgIpc) is 2.45. The van der Waals surface area contributed by atoms with Gasteiger partial charge in [-0.15, -0.1) is 0 Å². The zero-order valence-electron chi connectivity index (χ0n) is 6.77. The molecule has 0 unspecified atom stereocenters. The lowest BCUT2D eigenvalue weighted by molar-refractivity contribution is 0.0583. The Hall–Kier alpha value is -1.65. The summed E-state index contributed by atoms with van der Waals surface area (Å²) in [6, 6.07) is 0. The number of ether oxygens (including phenoxy) is 1. The van der Waals surface area contributed by atoms with Crippen molar-refractivity contribution in [3.63, 3.8) is 0 Å². The molecule has 64 valence electrons. The summed E-state index contributed by atoms with van der Waals surface area (Å²) < 4.78 is 5.88. The second-order valence-corrected chi connectivity index (χ2v) is 2.21. The minimum atomic E-state index is -0.550. The van der Waals surface area contributed by atoms with E-state index >= 15 is 0 Å². The normalized spacial score (nSPS) is 9.50. The van der Waals surface area contributed by atoms with Crippen molar-refractivity contribution in [2.75, 3.05) is 7.11 Å². The maximum Gasteiger partial charge on any atom is 0.374 e. The number of carbonyl (C=O) groups excluding carboxylic acids is 2. The van der Waals surface area contributed by atoms with E-state index in [4.69, 9.17) is 0 Å². The van der Waals surface area contributed by atoms with Gasteiger partial charge in [-0.05, 0) is 0 Å². The van der Waals surface area contributed by atoms with Crippen molar-refractivity contribution >= 4 is 12.3 Å². The molecule has 5 heteroatoms. The van der Waals surface area contributed by atoms with E-state index in [0.717, 1.165) is 0 Å². The molecular formula is C7H8N2O3. The Bertz CT molecular complexity index is 316. The summed E-state index contributed by atoms with van der Waals surface area (Å²) in [5, 5.41) is 0. The highest BCUT2D eigenvalue weighted by Crippen LogP contribution is 2.00. The van der Waals surface area contributed by atoms with Crippen molar-refractivity contribution in [3.05, 3.63) is 17.7 Å². The lowest BCUT2D eigenvalue weighted by Gasteiger charge is -1.96. The molecule has 1 rings (SSSR count). The zero-order valence-corrected chi connectivity index (χ0v) is 6.77. The Morgan fingerprint density at radius 1 is 1.75 bits per heavy atom. The number of imidazole rings is 1. The molecule has 0 saturated heterocycles. The molecule has 0 N–H and O–H groups in total. The van der Waals surface area contributed by atoms with Gasteiger partial charge in [0, 0.05) is 13.2 Å². The third kappa shape index (κ3) is 1.34. The van der Waals surface area contributed by atoms with E-state index in [1.807, 2.05) is 0 Å². The standard InChI is InChI=1S/C7H8N2O3/c1-9-3-5(4-10)8-6(9)7(11)12-2/h3-4H,1-2H3. The summed E-state index contributed by atoms with van der Waals surface area (Å²) in [4.78, 5) is 24.9. The molecule has 0 radical (unpaired) electrons. The van der Waals surface area contributed by atoms with E-state index in [1.165, 1.54) is 17.9 Å². The van der Waals surface area contributed by atoms with Crippen LogP contribution in [0.5, 0.6) is 0 Å². The number of nitrogens with zero attached hydrogens (tertiary/aromatic N) is 2. The fourth-order valence-electron chi connectivity index (χ4n) is 0.827. The molecule has 0 atom stereocenters. The fraction of sp³-hybridized carbons (Fsp3) is 0.286. The summed E-state index contributed by atoms with van der Waals surface area (Å²) >= 11 is 0. The molecule has 5 nitrogen and oxygen atoms in total. The van der Waals surface area contributed by atoms with Gasteiger partial charge in [0.1, 0.15) is 5.69 Å². The second-order valence-electron chi connectivity index (χ2n) is 2.21. The monoisotopic (exact) mass is 168 g/mol. The number of carbonyl (C=O) groups is 2. The quantitative estimate of drug-likeness (QED) is 0.461. The predicted octanol–water partition coefficient (Wildman–Crippen LogP) is 0.0192. The van der Waals surface area contributed by atoms with Crippen LogP contribution in [0.4, 0.5) is 0 Å². The summed E-state index contributed by atoms with van der Waals surface area (Å²) in [5.41, 5.74) is 0.220. The highest BCUT2D eigenvalue weighted by atomic mass is 16.5. The molecule has 0 aromatic carbocycles. The van der Waals surface area contributed by atoms with E-state index < -0.39 is 5.97 Å². The fourth-order valence-corrected chi connectivity index (χ4v) is 0.827. The third-order valence-electron chi connectivity index (χ3n) is 1.38. The van der Waals surface area contributed by atoms with Crippen LogP contribution < -0.4 is 0 Å². The summed E-state index contributed by atoms with van der Waals surface area (Å²) in [6.07, 6.45) is 2.03. The molecule has 0 aliphatic carbocycles. The highest BCUT2D eigenvalue weighted by molar-refractivity contribution is 5.87. The number of hydrogen-bond donors (Lipinski definition) is 0. The van der Waals surface area contributed by atoms with Crippen LogP contribution in [-0.2, 0) is 11.8 Å². The molecule has 0 bridgehead atoms. The Kier molecular flexibility index (Phi) is 2.23. The molecule has 1 aromatic rings. The van der Waals surface area contributed by atoms with Gasteiger partial charge >= 0.3 is 5.97 Å². The van der Waals surface area contributed by atoms with Crippen LogP contribution in [0, 0.1) is 0 Å². The number of aryl methyl sites for hydroxylation is 1. The lowest BCUT2D eigenvalue weighted by Crippen LogP contribution is -2.08. The van der Waals surface area contributed by atoms with Gasteiger partial charge in [-0.1, -0.05) is 0 Å². The van der Waals surface area contributed by atoms with Gasteiger partial charge in [-0.25, -0.2) is 9.78 Å². The maximum absolute atomic E-state index is 10.9. The van der Waals surface area contributed by atoms with Crippen LogP contribution in [0.1, 0.15) is 21.1 Å². The minimum absolute atomic E-state index is 0.125. The number of methoxy groups -OCH3 is 1. The first-order chi connectivity index (χ1) is 5.69. The Morgan fingerprint density at radius 3 is 2.83 bits per heavy atom. The van der Waals surface area contributed by atoms with Crippen LogP contribution in [0.3, 0.4) is 0 Å². The van der Waals surface area contributed by atoms with Gasteiger partial charge in [0.15, 0.2) is 6.29 Å². The minimum Gasteiger partial charge on any atom is -0.463 e. The van der Waals surface area contributed by atoms with Crippen molar-refractivity contribution in [2.24, 2.45) is 7.05 Å². The van der Waals surface area contributed by atoms with E-state index in [0.29, 0.717) is 6.29 Å². The third-order valence-corrected chi connectivity index (χ3v) is 1.38. The molecule has 1 aromatic heterocycles. The molecule has 0 spiro atoms. The van der Waals surface area contributed by atoms with Crippen molar-refractivity contribution in [3.8, 4) is 0 Å². The van der Waals surface area contributed by atoms with Crippen molar-refractivity contribution in [1.82, 2.24) is 9.55 Å². The van der Waals surface area contributed by atoms with E-state index in [9.17, 15) is 9.59 Å². The predicted molar refractivity (Wildman–Crippen MR) is 39.9 cm³/mol. The second kappa shape index (κ2) is 3.17. The average molecular weight is 168 g/mol. The molecule has 0 fully saturated rings. The van der Waals surface area contributed by atoms with Crippen LogP contribution in [0.15, 0.2) is 6.20 Å². The van der Waals surface area contributed by atoms with E-state index in [-0.39, 0.29) is 11.5 Å². The topological polar surface area (TPSA) is 61.2 Å². The zero-order chi connectivity index (χ0) is 9.14. The van der Waals surface area contributed by atoms with Gasteiger partial charge in [-0.3, -0.25) is 4.79 Å². The number of esters is 1. The van der Waals surface area contributed by atoms with Crippen LogP contribution in [-0.4, -0.2) is 28.9 Å². The molecule has 0 saturated carbocycles. The lowest BCUT2D eigenvalue weighted by atomic mass is 10.5. The van der Waals surface area contributed by atoms with Crippen LogP contribution >= 0.6 is 0 Å². The first kappa shape index (κ1) is 8.45. The van der Waals surface area contributed by atoms with Gasteiger partial charge in [-0.2, -0.15) is 0 Å². The van der Waals surface area contributed by atoms with Crippen LogP contribution in [0.25, 0.3) is 0 Å². The van der Waals surface area contributed by atoms with Crippen molar-refractivity contribution in [2.45, 2.75) is 0 Å². The first-order valence-corrected chi connectivity index (χ1v) is 3.26. The van der Waals surface area contributed by atoms with Crippen molar-refractivity contribution in [1.29, 1.82) is 0 Å². The number of aromatic nitrogens is 2. The molecule has 0 amide bonds. The Labute approximate surface area is 69.0 Å². The SMILES string of the molecule is COC(=O)c1nc(C=O)cn1C.